The van der Waals surface area contributed by atoms with E-state index in [4.69, 9.17) is 10.2 Å². The first-order valence-corrected chi connectivity index (χ1v) is 15.8. The Kier molecular flexibility index (Phi) is 20.4. The molecule has 1 saturated carbocycles. The van der Waals surface area contributed by atoms with Crippen LogP contribution in [0.25, 0.3) is 0 Å². The first kappa shape index (κ1) is 35.0. The van der Waals surface area contributed by atoms with Crippen LogP contribution in [-0.2, 0) is 19.2 Å². The minimum atomic E-state index is -1.18. The third-order valence-corrected chi connectivity index (χ3v) is 7.98. The van der Waals surface area contributed by atoms with Gasteiger partial charge in [-0.15, -0.1) is 0 Å². The highest BCUT2D eigenvalue weighted by Crippen LogP contribution is 2.26. The number of rotatable bonds is 21. The highest BCUT2D eigenvalue weighted by Gasteiger charge is 2.28. The Labute approximate surface area is 236 Å². The number of carbonyl (C=O) groups is 4. The normalized spacial score (nSPS) is 15.8. The molecule has 1 aliphatic carbocycles. The smallest absolute Gasteiger partial charge is 0.338 e. The summed E-state index contributed by atoms with van der Waals surface area (Å²) < 4.78 is 0. The van der Waals surface area contributed by atoms with Crippen LogP contribution in [0.3, 0.4) is 0 Å². The molecule has 39 heavy (non-hydrogen) atoms. The van der Waals surface area contributed by atoms with Gasteiger partial charge >= 0.3 is 5.97 Å². The fourth-order valence-electron chi connectivity index (χ4n) is 5.45. The molecule has 1 heterocycles. The number of hydrogen-bond acceptors (Lipinski definition) is 5. The first-order chi connectivity index (χ1) is 18.9. The molecule has 224 valence electrons. The van der Waals surface area contributed by atoms with Crippen LogP contribution in [0.2, 0.25) is 0 Å². The van der Waals surface area contributed by atoms with Crippen molar-refractivity contribution in [2.75, 3.05) is 13.2 Å². The van der Waals surface area contributed by atoms with E-state index in [2.05, 4.69) is 6.58 Å². The molecule has 2 N–H and O–H groups in total. The van der Waals surface area contributed by atoms with Crippen molar-refractivity contribution in [3.05, 3.63) is 12.2 Å². The van der Waals surface area contributed by atoms with Crippen molar-refractivity contribution in [3.8, 4) is 0 Å². The molecule has 7 heteroatoms. The van der Waals surface area contributed by atoms with Crippen LogP contribution in [-0.4, -0.2) is 51.8 Å². The average molecular weight is 550 g/mol. The molecule has 0 aromatic heterocycles. The number of hydrogen-bond donors (Lipinski definition) is 2. The summed E-state index contributed by atoms with van der Waals surface area (Å²) in [5.74, 6) is -1.49. The van der Waals surface area contributed by atoms with Gasteiger partial charge in [0.05, 0.1) is 5.57 Å². The Morgan fingerprint density at radius 3 is 1.44 bits per heavy atom. The van der Waals surface area contributed by atoms with Crippen LogP contribution >= 0.6 is 0 Å². The molecule has 0 unspecified atom stereocenters. The van der Waals surface area contributed by atoms with E-state index in [0.29, 0.717) is 26.0 Å². The summed E-state index contributed by atoms with van der Waals surface area (Å²) in [5.41, 5.74) is -0.257. The Bertz CT molecular complexity index is 712. The van der Waals surface area contributed by atoms with Crippen molar-refractivity contribution in [1.82, 2.24) is 4.90 Å². The number of unbranched alkanes of at least 4 members (excludes halogenated alkanes) is 15. The predicted molar refractivity (Wildman–Crippen MR) is 155 cm³/mol. The number of carbonyl (C=O) groups excluding carboxylic acids is 3. The van der Waals surface area contributed by atoms with Gasteiger partial charge in [-0.3, -0.25) is 19.3 Å². The molecule has 0 spiro atoms. The van der Waals surface area contributed by atoms with Crippen LogP contribution in [0.5, 0.6) is 0 Å². The Morgan fingerprint density at radius 1 is 0.667 bits per heavy atom. The SMILES string of the molecule is C=C(C(=O)O)C(=O)C1CCCCC1.O=C1CCC(=O)N1CCCCCCCCCCCCCCCCCCO. The van der Waals surface area contributed by atoms with E-state index in [1.165, 1.54) is 88.4 Å². The molecule has 2 fully saturated rings. The van der Waals surface area contributed by atoms with E-state index in [0.717, 1.165) is 51.4 Å². The molecule has 1 saturated heterocycles. The van der Waals surface area contributed by atoms with E-state index in [1.807, 2.05) is 0 Å². The third kappa shape index (κ3) is 16.6. The lowest BCUT2D eigenvalue weighted by atomic mass is 9.84. The second-order valence-electron chi connectivity index (χ2n) is 11.3. The molecule has 1 aliphatic heterocycles. The number of amides is 2. The van der Waals surface area contributed by atoms with Gasteiger partial charge < -0.3 is 10.2 Å². The monoisotopic (exact) mass is 549 g/mol. The van der Waals surface area contributed by atoms with Gasteiger partial charge in [-0.1, -0.05) is 116 Å². The van der Waals surface area contributed by atoms with Crippen molar-refractivity contribution >= 4 is 23.6 Å². The molecular formula is C32H55NO6. The number of aliphatic carboxylic acids is 1. The minimum Gasteiger partial charge on any atom is -0.478 e. The largest absolute Gasteiger partial charge is 0.478 e. The topological polar surface area (TPSA) is 112 Å². The number of carboxylic acid groups (broad SMARTS) is 1. The van der Waals surface area contributed by atoms with E-state index >= 15 is 0 Å². The van der Waals surface area contributed by atoms with Gasteiger partial charge in [0.2, 0.25) is 11.8 Å². The van der Waals surface area contributed by atoms with Crippen molar-refractivity contribution in [3.63, 3.8) is 0 Å². The van der Waals surface area contributed by atoms with Gasteiger partial charge in [0.1, 0.15) is 0 Å². The summed E-state index contributed by atoms with van der Waals surface area (Å²) in [5, 5.41) is 17.3. The van der Waals surface area contributed by atoms with Gasteiger partial charge in [0.25, 0.3) is 0 Å². The number of imide groups is 1. The van der Waals surface area contributed by atoms with Crippen LogP contribution in [0, 0.1) is 5.92 Å². The number of likely N-dealkylation sites (tertiary alicyclic amines) is 1. The molecule has 2 aliphatic rings. The number of aliphatic hydroxyl groups is 1. The average Bonchev–Trinajstić information content (AvgIpc) is 3.26. The maximum atomic E-state index is 11.5. The summed E-state index contributed by atoms with van der Waals surface area (Å²) in [6.07, 6.45) is 26.0. The molecule has 0 bridgehead atoms. The summed E-state index contributed by atoms with van der Waals surface area (Å²) in [6.45, 7) is 4.27. The fourth-order valence-corrected chi connectivity index (χ4v) is 5.45. The molecular weight excluding hydrogens is 494 g/mol. The maximum absolute atomic E-state index is 11.5. The molecule has 2 rings (SSSR count). The zero-order valence-corrected chi connectivity index (χ0v) is 24.4. The van der Waals surface area contributed by atoms with E-state index in [9.17, 15) is 19.2 Å². The summed E-state index contributed by atoms with van der Waals surface area (Å²) in [7, 11) is 0. The number of nitrogens with zero attached hydrogens (tertiary/aromatic N) is 1. The van der Waals surface area contributed by atoms with Gasteiger partial charge in [0, 0.05) is 31.9 Å². The Balaban J connectivity index is 0.000000487. The second-order valence-corrected chi connectivity index (χ2v) is 11.3. The standard InChI is InChI=1S/C22H41NO3.C10H14O3/c24-20-16-14-12-10-8-6-4-2-1-3-5-7-9-11-13-15-19-23-21(25)17-18-22(23)26;1-7(10(12)13)9(11)8-5-3-2-4-6-8/h24H,1-20H2;8H,1-6H2,(H,12,13). The zero-order valence-electron chi connectivity index (χ0n) is 24.4. The van der Waals surface area contributed by atoms with Crippen LogP contribution < -0.4 is 0 Å². The van der Waals surface area contributed by atoms with E-state index < -0.39 is 5.97 Å². The highest BCUT2D eigenvalue weighted by atomic mass is 16.4. The Morgan fingerprint density at radius 2 is 1.05 bits per heavy atom. The quantitative estimate of drug-likeness (QED) is 0.0517. The molecule has 2 amide bonds. The molecule has 0 aromatic rings. The summed E-state index contributed by atoms with van der Waals surface area (Å²) in [6, 6.07) is 0. The minimum absolute atomic E-state index is 0.0247. The third-order valence-electron chi connectivity index (χ3n) is 7.98. The van der Waals surface area contributed by atoms with Crippen molar-refractivity contribution in [2.45, 2.75) is 148 Å². The van der Waals surface area contributed by atoms with Crippen LogP contribution in [0.1, 0.15) is 148 Å². The van der Waals surface area contributed by atoms with E-state index in [1.54, 1.807) is 0 Å². The van der Waals surface area contributed by atoms with Crippen LogP contribution in [0.15, 0.2) is 12.2 Å². The van der Waals surface area contributed by atoms with Crippen LogP contribution in [0.4, 0.5) is 0 Å². The van der Waals surface area contributed by atoms with Gasteiger partial charge in [-0.2, -0.15) is 0 Å². The van der Waals surface area contributed by atoms with E-state index in [-0.39, 0.29) is 29.1 Å². The lowest BCUT2D eigenvalue weighted by Gasteiger charge is -2.19. The number of Topliss-reactive ketones (excluding diaryl/α,β-unsaturated/α-hetero) is 1. The summed E-state index contributed by atoms with van der Waals surface area (Å²) >= 11 is 0. The maximum Gasteiger partial charge on any atom is 0.338 e. The lowest BCUT2D eigenvalue weighted by molar-refractivity contribution is -0.139. The van der Waals surface area contributed by atoms with Gasteiger partial charge in [0.15, 0.2) is 5.78 Å². The number of aliphatic hydroxyl groups excluding tert-OH is 1. The molecule has 0 atom stereocenters. The Hall–Kier alpha value is -2.02. The van der Waals surface area contributed by atoms with Crippen molar-refractivity contribution in [2.24, 2.45) is 5.92 Å². The summed E-state index contributed by atoms with van der Waals surface area (Å²) in [4.78, 5) is 46.3. The van der Waals surface area contributed by atoms with Crippen molar-refractivity contribution in [1.29, 1.82) is 0 Å². The zero-order chi connectivity index (χ0) is 28.7. The van der Waals surface area contributed by atoms with Gasteiger partial charge in [-0.05, 0) is 25.7 Å². The first-order valence-electron chi connectivity index (χ1n) is 15.8. The highest BCUT2D eigenvalue weighted by molar-refractivity contribution is 6.16. The predicted octanol–water partition coefficient (Wildman–Crippen LogP) is 7.15. The second kappa shape index (κ2) is 22.8. The van der Waals surface area contributed by atoms with Gasteiger partial charge in [-0.25, -0.2) is 4.79 Å². The fraction of sp³-hybridized carbons (Fsp3) is 0.812. The molecule has 0 aromatic carbocycles. The molecule has 0 radical (unpaired) electrons. The number of carboxylic acids is 1. The number of ketones is 1. The lowest BCUT2D eigenvalue weighted by Crippen LogP contribution is -2.29. The molecule has 7 nitrogen and oxygen atoms in total. The van der Waals surface area contributed by atoms with Crippen molar-refractivity contribution < 1.29 is 29.4 Å².